The van der Waals surface area contributed by atoms with E-state index in [0.717, 1.165) is 22.4 Å². The van der Waals surface area contributed by atoms with Crippen LogP contribution < -0.4 is 5.73 Å². The largest absolute Gasteiger partial charge is 0.349 e. The van der Waals surface area contributed by atoms with Gasteiger partial charge in [-0.3, -0.25) is 14.7 Å². The Balaban J connectivity index is 1.92. The Labute approximate surface area is 155 Å². The normalized spacial score (nSPS) is 12.1. The molecule has 0 saturated heterocycles. The Morgan fingerprint density at radius 2 is 1.96 bits per heavy atom. The van der Waals surface area contributed by atoms with Crippen molar-refractivity contribution < 1.29 is 10.7 Å². The molecule has 26 heavy (non-hydrogen) atoms. The van der Waals surface area contributed by atoms with Crippen LogP contribution in [0.4, 0.5) is 5.69 Å². The molecule has 8 heteroatoms. The number of hydrogen-bond donors (Lipinski definition) is 1. The van der Waals surface area contributed by atoms with Gasteiger partial charge in [-0.05, 0) is 31.5 Å². The van der Waals surface area contributed by atoms with Crippen molar-refractivity contribution in [3.63, 3.8) is 0 Å². The zero-order chi connectivity index (χ0) is 18.7. The monoisotopic (exact) mass is 370 g/mol. The maximum atomic E-state index is 10.9. The molecular formula is C18H20N5O2S+. The first-order chi connectivity index (χ1) is 12.5. The van der Waals surface area contributed by atoms with E-state index >= 15 is 0 Å². The molecule has 0 bridgehead atoms. The lowest BCUT2D eigenvalue weighted by atomic mass is 10.2. The Kier molecular flexibility index (Phi) is 5.34. The minimum absolute atomic E-state index is 0.0556. The van der Waals surface area contributed by atoms with Crippen LogP contribution in [0.15, 0.2) is 53.7 Å². The zero-order valence-electron chi connectivity index (χ0n) is 14.6. The van der Waals surface area contributed by atoms with Crippen LogP contribution in [-0.4, -0.2) is 19.7 Å². The number of hydrogen-bond acceptors (Lipinski definition) is 5. The minimum atomic E-state index is -0.408. The maximum absolute atomic E-state index is 10.9. The molecule has 0 saturated carbocycles. The summed E-state index contributed by atoms with van der Waals surface area (Å²) < 4.78 is 1.92. The molecule has 3 N–H and O–H groups in total. The van der Waals surface area contributed by atoms with Crippen molar-refractivity contribution in [1.82, 2.24) is 14.8 Å². The Morgan fingerprint density at radius 3 is 2.58 bits per heavy atom. The average Bonchev–Trinajstić information content (AvgIpc) is 3.04. The van der Waals surface area contributed by atoms with E-state index in [1.54, 1.807) is 23.9 Å². The minimum Gasteiger partial charge on any atom is -0.349 e. The van der Waals surface area contributed by atoms with E-state index in [2.05, 4.69) is 41.1 Å². The van der Waals surface area contributed by atoms with E-state index in [-0.39, 0.29) is 11.7 Å². The molecule has 0 aliphatic carbocycles. The highest BCUT2D eigenvalue weighted by Crippen LogP contribution is 2.27. The van der Waals surface area contributed by atoms with E-state index in [4.69, 9.17) is 0 Å². The van der Waals surface area contributed by atoms with Gasteiger partial charge >= 0.3 is 0 Å². The van der Waals surface area contributed by atoms with Crippen LogP contribution in [0.25, 0.3) is 5.69 Å². The number of aromatic nitrogens is 3. The molecule has 1 aromatic heterocycles. The van der Waals surface area contributed by atoms with Crippen LogP contribution in [0.5, 0.6) is 0 Å². The van der Waals surface area contributed by atoms with Gasteiger partial charge in [-0.15, -0.1) is 10.2 Å². The summed E-state index contributed by atoms with van der Waals surface area (Å²) in [5.74, 6) is 1.49. The molecular weight excluding hydrogens is 350 g/mol. The third-order valence-corrected chi connectivity index (χ3v) is 4.87. The molecule has 0 aliphatic rings. The number of nitro groups is 1. The number of thioether (sulfide) groups is 1. The van der Waals surface area contributed by atoms with Crippen molar-refractivity contribution in [3.05, 3.63) is 75.6 Å². The van der Waals surface area contributed by atoms with E-state index in [0.29, 0.717) is 0 Å². The van der Waals surface area contributed by atoms with Crippen molar-refractivity contribution in [1.29, 1.82) is 0 Å². The van der Waals surface area contributed by atoms with Gasteiger partial charge in [0, 0.05) is 17.9 Å². The summed E-state index contributed by atoms with van der Waals surface area (Å²) >= 11 is 1.58. The molecule has 0 aliphatic heterocycles. The number of non-ortho nitro benzene ring substituents is 1. The fourth-order valence-electron chi connectivity index (χ4n) is 2.61. The molecule has 0 fully saturated rings. The molecule has 3 aromatic rings. The van der Waals surface area contributed by atoms with Crippen LogP contribution in [0, 0.1) is 17.0 Å². The topological polar surface area (TPSA) is 101 Å². The molecule has 0 spiro atoms. The highest BCUT2D eigenvalue weighted by molar-refractivity contribution is 7.98. The van der Waals surface area contributed by atoms with Gasteiger partial charge in [-0.25, -0.2) is 0 Å². The summed E-state index contributed by atoms with van der Waals surface area (Å²) in [6, 6.07) is 14.7. The van der Waals surface area contributed by atoms with Crippen molar-refractivity contribution >= 4 is 17.4 Å². The number of nitrogens with zero attached hydrogens (tertiary/aromatic N) is 4. The van der Waals surface area contributed by atoms with Crippen LogP contribution in [-0.2, 0) is 5.75 Å². The predicted octanol–water partition coefficient (Wildman–Crippen LogP) is 3.08. The second kappa shape index (κ2) is 7.67. The average molecular weight is 370 g/mol. The summed E-state index contributed by atoms with van der Waals surface area (Å²) in [6.45, 7) is 4.01. The van der Waals surface area contributed by atoms with Crippen LogP contribution >= 0.6 is 11.8 Å². The molecule has 0 amide bonds. The summed E-state index contributed by atoms with van der Waals surface area (Å²) in [5.41, 5.74) is 7.31. The fourth-order valence-corrected chi connectivity index (χ4v) is 3.51. The summed E-state index contributed by atoms with van der Waals surface area (Å²) in [5, 5.41) is 20.2. The Hall–Kier alpha value is -2.71. The number of rotatable bonds is 6. The van der Waals surface area contributed by atoms with E-state index in [9.17, 15) is 10.1 Å². The van der Waals surface area contributed by atoms with Gasteiger partial charge in [0.2, 0.25) is 0 Å². The summed E-state index contributed by atoms with van der Waals surface area (Å²) in [4.78, 5) is 10.5. The van der Waals surface area contributed by atoms with Gasteiger partial charge in [-0.1, -0.05) is 41.6 Å². The number of nitro benzene ring substituents is 1. The van der Waals surface area contributed by atoms with Gasteiger partial charge in [-0.2, -0.15) is 0 Å². The maximum Gasteiger partial charge on any atom is 0.269 e. The van der Waals surface area contributed by atoms with Gasteiger partial charge in [0.25, 0.3) is 5.69 Å². The molecule has 0 unspecified atom stereocenters. The standard InChI is InChI=1S/C18H19N5O2S/c1-12-4-3-5-14(10-12)11-26-18-21-20-17(13(2)19)22(18)15-6-8-16(9-7-15)23(24)25/h3-10,13H,11,19H2,1-2H3/p+1/t13-/m0/s1. The first kappa shape index (κ1) is 18.1. The Morgan fingerprint density at radius 1 is 1.23 bits per heavy atom. The van der Waals surface area contributed by atoms with Gasteiger partial charge in [0.15, 0.2) is 11.0 Å². The number of quaternary nitrogens is 1. The summed E-state index contributed by atoms with van der Waals surface area (Å²) in [7, 11) is 0. The predicted molar refractivity (Wildman–Crippen MR) is 100 cm³/mol. The molecule has 3 rings (SSSR count). The molecule has 2 aromatic carbocycles. The van der Waals surface area contributed by atoms with Crippen LogP contribution in [0.2, 0.25) is 0 Å². The first-order valence-corrected chi connectivity index (χ1v) is 9.16. The van der Waals surface area contributed by atoms with Gasteiger partial charge in [0.05, 0.1) is 10.6 Å². The van der Waals surface area contributed by atoms with E-state index in [1.807, 2.05) is 17.6 Å². The molecule has 7 nitrogen and oxygen atoms in total. The lowest BCUT2D eigenvalue weighted by Gasteiger charge is -2.11. The second-order valence-corrected chi connectivity index (χ2v) is 7.07. The SMILES string of the molecule is Cc1cccc(CSc2nnc([C@H](C)[NH3+])n2-c2ccc([N+](=O)[O-])cc2)c1. The molecule has 1 atom stereocenters. The lowest BCUT2D eigenvalue weighted by molar-refractivity contribution is -0.422. The molecule has 134 valence electrons. The highest BCUT2D eigenvalue weighted by Gasteiger charge is 2.20. The fraction of sp³-hybridized carbons (Fsp3) is 0.222. The third kappa shape index (κ3) is 3.92. The lowest BCUT2D eigenvalue weighted by Crippen LogP contribution is -2.52. The van der Waals surface area contributed by atoms with Gasteiger partial charge < -0.3 is 5.73 Å². The quantitative estimate of drug-likeness (QED) is 0.408. The Bertz CT molecular complexity index is 922. The second-order valence-electron chi connectivity index (χ2n) is 6.13. The van der Waals surface area contributed by atoms with Crippen molar-refractivity contribution in [2.24, 2.45) is 0 Å². The van der Waals surface area contributed by atoms with Gasteiger partial charge in [0.1, 0.15) is 6.04 Å². The van der Waals surface area contributed by atoms with Crippen molar-refractivity contribution in [3.8, 4) is 5.69 Å². The van der Waals surface area contributed by atoms with Crippen LogP contribution in [0.1, 0.15) is 29.9 Å². The number of benzene rings is 2. The van der Waals surface area contributed by atoms with Crippen molar-refractivity contribution in [2.45, 2.75) is 30.8 Å². The molecule has 1 heterocycles. The van der Waals surface area contributed by atoms with Crippen LogP contribution in [0.3, 0.4) is 0 Å². The molecule has 0 radical (unpaired) electrons. The third-order valence-electron chi connectivity index (χ3n) is 3.87. The zero-order valence-corrected chi connectivity index (χ0v) is 15.4. The first-order valence-electron chi connectivity index (χ1n) is 8.17. The number of aryl methyl sites for hydroxylation is 1. The van der Waals surface area contributed by atoms with E-state index in [1.165, 1.54) is 23.3 Å². The van der Waals surface area contributed by atoms with Crippen molar-refractivity contribution in [2.75, 3.05) is 0 Å². The smallest absolute Gasteiger partial charge is 0.269 e. The highest BCUT2D eigenvalue weighted by atomic mass is 32.2. The van der Waals surface area contributed by atoms with E-state index < -0.39 is 4.92 Å². The summed E-state index contributed by atoms with van der Waals surface area (Å²) in [6.07, 6.45) is 0.